The quantitative estimate of drug-likeness (QED) is 0.764. The van der Waals surface area contributed by atoms with E-state index in [4.69, 9.17) is 5.73 Å². The minimum atomic E-state index is -0.176. The maximum atomic E-state index is 13.1. The van der Waals surface area contributed by atoms with Crippen LogP contribution in [-0.4, -0.2) is 0 Å². The number of benzene rings is 1. The molecule has 2 N–H and O–H groups in total. The summed E-state index contributed by atoms with van der Waals surface area (Å²) in [6, 6.07) is 4.85. The molecule has 0 heterocycles. The molecular weight excluding hydrogens is 177 g/mol. The molecule has 0 saturated carbocycles. The van der Waals surface area contributed by atoms with Gasteiger partial charge in [0.1, 0.15) is 5.82 Å². The van der Waals surface area contributed by atoms with Crippen molar-refractivity contribution in [1.82, 2.24) is 0 Å². The first-order chi connectivity index (χ1) is 6.81. The average molecular weight is 191 g/mol. The first kappa shape index (κ1) is 9.41. The number of nitrogens with two attached hydrogens (primary N) is 1. The lowest BCUT2D eigenvalue weighted by Gasteiger charge is -2.08. The summed E-state index contributed by atoms with van der Waals surface area (Å²) in [6.45, 7) is 0.479. The van der Waals surface area contributed by atoms with Gasteiger partial charge in [0.15, 0.2) is 0 Å². The molecule has 74 valence electrons. The lowest BCUT2D eigenvalue weighted by atomic mass is 9.99. The summed E-state index contributed by atoms with van der Waals surface area (Å²) in [5.41, 5.74) is 8.92. The molecule has 1 aromatic rings. The zero-order valence-electron chi connectivity index (χ0n) is 8.09. The van der Waals surface area contributed by atoms with Gasteiger partial charge in [0.25, 0.3) is 0 Å². The molecule has 0 fully saturated rings. The molecule has 0 radical (unpaired) electrons. The first-order valence-electron chi connectivity index (χ1n) is 4.99. The Morgan fingerprint density at radius 3 is 2.86 bits per heavy atom. The molecule has 1 nitrogen and oxygen atoms in total. The van der Waals surface area contributed by atoms with Gasteiger partial charge < -0.3 is 5.73 Å². The Balaban J connectivity index is 2.43. The van der Waals surface area contributed by atoms with Crippen molar-refractivity contribution < 1.29 is 4.39 Å². The molecule has 0 aromatic heterocycles. The molecule has 1 aliphatic carbocycles. The van der Waals surface area contributed by atoms with Crippen LogP contribution < -0.4 is 5.73 Å². The fraction of sp³-hybridized carbons (Fsp3) is 0.333. The second-order valence-electron chi connectivity index (χ2n) is 3.63. The molecule has 14 heavy (non-hydrogen) atoms. The third-order valence-corrected chi connectivity index (χ3v) is 2.68. The van der Waals surface area contributed by atoms with E-state index in [2.05, 4.69) is 6.08 Å². The van der Waals surface area contributed by atoms with E-state index in [0.29, 0.717) is 6.54 Å². The van der Waals surface area contributed by atoms with E-state index in [-0.39, 0.29) is 5.82 Å². The Bertz CT molecular complexity index is 369. The van der Waals surface area contributed by atoms with Gasteiger partial charge in [0, 0.05) is 6.54 Å². The van der Waals surface area contributed by atoms with E-state index in [1.165, 1.54) is 18.1 Å². The van der Waals surface area contributed by atoms with Crippen molar-refractivity contribution in [3.63, 3.8) is 0 Å². The topological polar surface area (TPSA) is 26.0 Å². The highest BCUT2D eigenvalue weighted by Crippen LogP contribution is 2.30. The molecule has 2 heteroatoms. The zero-order chi connectivity index (χ0) is 9.97. The Morgan fingerprint density at radius 2 is 2.21 bits per heavy atom. The van der Waals surface area contributed by atoms with E-state index in [1.807, 2.05) is 0 Å². The normalized spacial score (nSPS) is 15.7. The first-order valence-corrected chi connectivity index (χ1v) is 4.99. The largest absolute Gasteiger partial charge is 0.326 e. The van der Waals surface area contributed by atoms with Crippen molar-refractivity contribution in [2.75, 3.05) is 0 Å². The van der Waals surface area contributed by atoms with Crippen molar-refractivity contribution >= 4 is 5.57 Å². The van der Waals surface area contributed by atoms with Crippen LogP contribution in [0.3, 0.4) is 0 Å². The van der Waals surface area contributed by atoms with Gasteiger partial charge in [-0.05, 0) is 48.1 Å². The lowest BCUT2D eigenvalue weighted by molar-refractivity contribution is 0.626. The van der Waals surface area contributed by atoms with Gasteiger partial charge in [-0.15, -0.1) is 0 Å². The third kappa shape index (κ3) is 1.70. The van der Waals surface area contributed by atoms with Gasteiger partial charge in [-0.3, -0.25) is 0 Å². The summed E-state index contributed by atoms with van der Waals surface area (Å²) >= 11 is 0. The van der Waals surface area contributed by atoms with Crippen molar-refractivity contribution in [3.05, 3.63) is 41.2 Å². The van der Waals surface area contributed by atoms with Crippen LogP contribution in [0.5, 0.6) is 0 Å². The van der Waals surface area contributed by atoms with Gasteiger partial charge >= 0.3 is 0 Å². The van der Waals surface area contributed by atoms with E-state index in [0.717, 1.165) is 24.0 Å². The standard InChI is InChI=1S/C12H14FN/c13-11-6-5-10(8-14)12(7-11)9-3-1-2-4-9/h3,5-7H,1-2,4,8,14H2. The molecule has 0 bridgehead atoms. The van der Waals surface area contributed by atoms with Crippen LogP contribution in [0.2, 0.25) is 0 Å². The molecule has 1 aromatic carbocycles. The highest BCUT2D eigenvalue weighted by Gasteiger charge is 2.11. The molecule has 0 spiro atoms. The predicted molar refractivity (Wildman–Crippen MR) is 56.1 cm³/mol. The SMILES string of the molecule is NCc1ccc(F)cc1C1=CCCC1. The average Bonchev–Trinajstić information content (AvgIpc) is 2.70. The van der Waals surface area contributed by atoms with Crippen LogP contribution in [0.15, 0.2) is 24.3 Å². The van der Waals surface area contributed by atoms with Crippen LogP contribution in [0, 0.1) is 5.82 Å². The number of rotatable bonds is 2. The Morgan fingerprint density at radius 1 is 1.36 bits per heavy atom. The predicted octanol–water partition coefficient (Wildman–Crippen LogP) is 2.85. The molecule has 0 atom stereocenters. The fourth-order valence-electron chi connectivity index (χ4n) is 1.94. The highest BCUT2D eigenvalue weighted by molar-refractivity contribution is 5.69. The number of allylic oxidation sites excluding steroid dienone is 2. The summed E-state index contributed by atoms with van der Waals surface area (Å²) in [6.07, 6.45) is 5.52. The summed E-state index contributed by atoms with van der Waals surface area (Å²) in [4.78, 5) is 0. The summed E-state index contributed by atoms with van der Waals surface area (Å²) < 4.78 is 13.1. The summed E-state index contributed by atoms with van der Waals surface area (Å²) in [5.74, 6) is -0.176. The lowest BCUT2D eigenvalue weighted by Crippen LogP contribution is -2.01. The second-order valence-corrected chi connectivity index (χ2v) is 3.63. The second kappa shape index (κ2) is 3.93. The van der Waals surface area contributed by atoms with Crippen LogP contribution in [0.25, 0.3) is 5.57 Å². The van der Waals surface area contributed by atoms with E-state index < -0.39 is 0 Å². The maximum Gasteiger partial charge on any atom is 0.123 e. The maximum absolute atomic E-state index is 13.1. The summed E-state index contributed by atoms with van der Waals surface area (Å²) in [7, 11) is 0. The smallest absolute Gasteiger partial charge is 0.123 e. The molecule has 0 amide bonds. The van der Waals surface area contributed by atoms with Gasteiger partial charge in [-0.1, -0.05) is 12.1 Å². The zero-order valence-corrected chi connectivity index (χ0v) is 8.09. The van der Waals surface area contributed by atoms with Crippen molar-refractivity contribution in [2.45, 2.75) is 25.8 Å². The highest BCUT2D eigenvalue weighted by atomic mass is 19.1. The van der Waals surface area contributed by atoms with Gasteiger partial charge in [-0.25, -0.2) is 4.39 Å². The number of hydrogen-bond acceptors (Lipinski definition) is 1. The molecule has 1 aliphatic rings. The van der Waals surface area contributed by atoms with Crippen LogP contribution >= 0.6 is 0 Å². The Hall–Kier alpha value is -1.15. The molecule has 0 aliphatic heterocycles. The molecule has 0 unspecified atom stereocenters. The fourth-order valence-corrected chi connectivity index (χ4v) is 1.94. The van der Waals surface area contributed by atoms with Crippen molar-refractivity contribution in [1.29, 1.82) is 0 Å². The van der Waals surface area contributed by atoms with E-state index >= 15 is 0 Å². The van der Waals surface area contributed by atoms with Gasteiger partial charge in [0.05, 0.1) is 0 Å². The number of hydrogen-bond donors (Lipinski definition) is 1. The molecular formula is C12H14FN. The summed E-state index contributed by atoms with van der Waals surface area (Å²) in [5, 5.41) is 0. The van der Waals surface area contributed by atoms with Crippen LogP contribution in [0.1, 0.15) is 30.4 Å². The van der Waals surface area contributed by atoms with Crippen LogP contribution in [-0.2, 0) is 6.54 Å². The third-order valence-electron chi connectivity index (χ3n) is 2.68. The monoisotopic (exact) mass is 191 g/mol. The van der Waals surface area contributed by atoms with Crippen molar-refractivity contribution in [3.8, 4) is 0 Å². The van der Waals surface area contributed by atoms with Gasteiger partial charge in [-0.2, -0.15) is 0 Å². The van der Waals surface area contributed by atoms with Crippen LogP contribution in [0.4, 0.5) is 4.39 Å². The van der Waals surface area contributed by atoms with E-state index in [1.54, 1.807) is 12.1 Å². The molecule has 0 saturated heterocycles. The Kier molecular flexibility index (Phi) is 2.64. The minimum absolute atomic E-state index is 0.176. The van der Waals surface area contributed by atoms with Gasteiger partial charge in [0.2, 0.25) is 0 Å². The number of halogens is 1. The molecule has 2 rings (SSSR count). The van der Waals surface area contributed by atoms with E-state index in [9.17, 15) is 4.39 Å². The van der Waals surface area contributed by atoms with Crippen molar-refractivity contribution in [2.24, 2.45) is 5.73 Å². The Labute approximate surface area is 83.4 Å². The minimum Gasteiger partial charge on any atom is -0.326 e.